The maximum absolute atomic E-state index is 5.53. The van der Waals surface area contributed by atoms with Crippen molar-refractivity contribution in [3.05, 3.63) is 0 Å². The topological polar surface area (TPSA) is 21.7 Å². The first-order chi connectivity index (χ1) is 8.16. The molecule has 0 aromatic heterocycles. The lowest BCUT2D eigenvalue weighted by atomic mass is 10.2. The molecule has 0 heterocycles. The summed E-state index contributed by atoms with van der Waals surface area (Å²) in [5.41, 5.74) is 0. The molecule has 0 radical (unpaired) electrons. The van der Waals surface area contributed by atoms with E-state index in [4.69, 9.17) is 9.47 Å². The predicted octanol–water partition coefficient (Wildman–Crippen LogP) is 2.80. The molecule has 0 unspecified atom stereocenters. The van der Waals surface area contributed by atoms with Gasteiger partial charge in [-0.25, -0.2) is 0 Å². The lowest BCUT2D eigenvalue weighted by molar-refractivity contribution is 0.0389. The first kappa shape index (κ1) is 16.9. The third-order valence-corrected chi connectivity index (χ3v) is 2.56. The average Bonchev–Trinajstić information content (AvgIpc) is 2.26. The van der Waals surface area contributed by atoms with Crippen molar-refractivity contribution >= 4 is 0 Å². The molecular weight excluding hydrogens is 214 g/mol. The normalized spacial score (nSPS) is 11.6. The van der Waals surface area contributed by atoms with Gasteiger partial charge in [0.25, 0.3) is 0 Å². The second-order valence-corrected chi connectivity index (χ2v) is 5.09. The Balaban J connectivity index is 3.07. The summed E-state index contributed by atoms with van der Waals surface area (Å²) < 4.78 is 11.0. The number of rotatable bonds is 12. The van der Waals surface area contributed by atoms with Crippen molar-refractivity contribution in [1.82, 2.24) is 4.90 Å². The molecule has 0 aliphatic rings. The highest BCUT2D eigenvalue weighted by Gasteiger charge is 2.00. The van der Waals surface area contributed by atoms with Crippen molar-refractivity contribution in [3.63, 3.8) is 0 Å². The van der Waals surface area contributed by atoms with E-state index in [2.05, 4.69) is 32.7 Å². The smallest absolute Gasteiger partial charge is 0.0701 e. The molecule has 3 nitrogen and oxygen atoms in total. The van der Waals surface area contributed by atoms with Crippen molar-refractivity contribution in [3.8, 4) is 0 Å². The average molecular weight is 245 g/mol. The lowest BCUT2D eigenvalue weighted by Crippen LogP contribution is -2.27. The number of unbranched alkanes of at least 4 members (excludes halogenated alkanes) is 2. The molecule has 0 aliphatic carbocycles. The van der Waals surface area contributed by atoms with E-state index < -0.39 is 0 Å². The second kappa shape index (κ2) is 12.3. The van der Waals surface area contributed by atoms with E-state index in [0.717, 1.165) is 45.4 Å². The molecule has 0 atom stereocenters. The predicted molar refractivity (Wildman–Crippen MR) is 73.5 cm³/mol. The summed E-state index contributed by atoms with van der Waals surface area (Å²) >= 11 is 0. The van der Waals surface area contributed by atoms with Crippen LogP contribution in [0.1, 0.15) is 40.0 Å². The summed E-state index contributed by atoms with van der Waals surface area (Å²) in [4.78, 5) is 2.31. The molecule has 17 heavy (non-hydrogen) atoms. The molecule has 3 heteroatoms. The van der Waals surface area contributed by atoms with E-state index in [1.54, 1.807) is 0 Å². The summed E-state index contributed by atoms with van der Waals surface area (Å²) in [5.74, 6) is 0.724. The van der Waals surface area contributed by atoms with Crippen molar-refractivity contribution in [1.29, 1.82) is 0 Å². The maximum Gasteiger partial charge on any atom is 0.0701 e. The zero-order valence-corrected chi connectivity index (χ0v) is 12.2. The molecule has 0 spiro atoms. The van der Waals surface area contributed by atoms with E-state index in [-0.39, 0.29) is 0 Å². The van der Waals surface area contributed by atoms with Gasteiger partial charge in [0.1, 0.15) is 0 Å². The fourth-order valence-electron chi connectivity index (χ4n) is 1.71. The van der Waals surface area contributed by atoms with Gasteiger partial charge in [-0.1, -0.05) is 33.6 Å². The van der Waals surface area contributed by atoms with Crippen molar-refractivity contribution in [2.24, 2.45) is 5.92 Å². The van der Waals surface area contributed by atoms with Gasteiger partial charge in [-0.15, -0.1) is 0 Å². The van der Waals surface area contributed by atoms with E-state index in [0.29, 0.717) is 0 Å². The Kier molecular flexibility index (Phi) is 12.3. The minimum absolute atomic E-state index is 0.724. The van der Waals surface area contributed by atoms with Gasteiger partial charge < -0.3 is 14.4 Å². The number of likely N-dealkylation sites (N-methyl/N-ethyl adjacent to an activating group) is 1. The van der Waals surface area contributed by atoms with Crippen LogP contribution in [0.25, 0.3) is 0 Å². The van der Waals surface area contributed by atoms with Crippen LogP contribution in [0.5, 0.6) is 0 Å². The van der Waals surface area contributed by atoms with E-state index >= 15 is 0 Å². The van der Waals surface area contributed by atoms with Crippen LogP contribution in [0, 0.1) is 5.92 Å². The Morgan fingerprint density at radius 3 is 2.18 bits per heavy atom. The first-order valence-electron chi connectivity index (χ1n) is 7.00. The molecule has 0 rings (SSSR count). The largest absolute Gasteiger partial charge is 0.379 e. The van der Waals surface area contributed by atoms with Crippen molar-refractivity contribution in [2.75, 3.05) is 46.6 Å². The van der Waals surface area contributed by atoms with Gasteiger partial charge in [0.2, 0.25) is 0 Å². The molecule has 0 saturated carbocycles. The van der Waals surface area contributed by atoms with Crippen LogP contribution in [0.4, 0.5) is 0 Å². The molecule has 0 N–H and O–H groups in total. The van der Waals surface area contributed by atoms with Gasteiger partial charge in [-0.2, -0.15) is 0 Å². The fraction of sp³-hybridized carbons (Fsp3) is 1.00. The minimum Gasteiger partial charge on any atom is -0.379 e. The number of hydrogen-bond acceptors (Lipinski definition) is 3. The molecular formula is C14H31NO2. The van der Waals surface area contributed by atoms with E-state index in [9.17, 15) is 0 Å². The van der Waals surface area contributed by atoms with Crippen molar-refractivity contribution < 1.29 is 9.47 Å². The summed E-state index contributed by atoms with van der Waals surface area (Å²) in [6.07, 6.45) is 3.69. The van der Waals surface area contributed by atoms with Gasteiger partial charge in [-0.3, -0.25) is 0 Å². The zero-order chi connectivity index (χ0) is 12.9. The lowest BCUT2D eigenvalue weighted by Gasteiger charge is -2.18. The zero-order valence-electron chi connectivity index (χ0n) is 12.2. The van der Waals surface area contributed by atoms with E-state index in [1.807, 2.05) is 0 Å². The Morgan fingerprint density at radius 1 is 0.941 bits per heavy atom. The summed E-state index contributed by atoms with van der Waals surface area (Å²) in [6.45, 7) is 12.0. The second-order valence-electron chi connectivity index (χ2n) is 5.09. The number of ether oxygens (including phenoxy) is 2. The SMILES string of the molecule is CCCCCOCCOCCN(C)CC(C)C. The minimum atomic E-state index is 0.724. The van der Waals surface area contributed by atoms with Crippen LogP contribution in [-0.2, 0) is 9.47 Å². The Labute approximate surface area is 107 Å². The van der Waals surface area contributed by atoms with Gasteiger partial charge >= 0.3 is 0 Å². The van der Waals surface area contributed by atoms with Crippen LogP contribution < -0.4 is 0 Å². The number of nitrogens with zero attached hydrogens (tertiary/aromatic N) is 1. The van der Waals surface area contributed by atoms with Gasteiger partial charge in [0.05, 0.1) is 19.8 Å². The molecule has 0 aromatic carbocycles. The van der Waals surface area contributed by atoms with Crippen LogP contribution >= 0.6 is 0 Å². The molecule has 0 aliphatic heterocycles. The highest BCUT2D eigenvalue weighted by Crippen LogP contribution is 1.95. The molecule has 0 aromatic rings. The molecule has 0 amide bonds. The molecule has 0 bridgehead atoms. The Bertz CT molecular complexity index is 151. The standard InChI is InChI=1S/C14H31NO2/c1-5-6-7-9-16-11-12-17-10-8-15(4)13-14(2)3/h14H,5-13H2,1-4H3. The van der Waals surface area contributed by atoms with Gasteiger partial charge in [0.15, 0.2) is 0 Å². The molecule has 0 saturated heterocycles. The fourth-order valence-corrected chi connectivity index (χ4v) is 1.71. The third kappa shape index (κ3) is 13.8. The highest BCUT2D eigenvalue weighted by atomic mass is 16.5. The van der Waals surface area contributed by atoms with Gasteiger partial charge in [0, 0.05) is 19.7 Å². The Morgan fingerprint density at radius 2 is 1.59 bits per heavy atom. The monoisotopic (exact) mass is 245 g/mol. The van der Waals surface area contributed by atoms with Crippen LogP contribution in [0.3, 0.4) is 0 Å². The Hall–Kier alpha value is -0.120. The van der Waals surface area contributed by atoms with Crippen LogP contribution in [0.2, 0.25) is 0 Å². The molecule has 104 valence electrons. The summed E-state index contributed by atoms with van der Waals surface area (Å²) in [7, 11) is 2.14. The van der Waals surface area contributed by atoms with Crippen LogP contribution in [0.15, 0.2) is 0 Å². The van der Waals surface area contributed by atoms with Gasteiger partial charge in [-0.05, 0) is 19.4 Å². The van der Waals surface area contributed by atoms with E-state index in [1.165, 1.54) is 19.3 Å². The quantitative estimate of drug-likeness (QED) is 0.494. The molecule has 0 fully saturated rings. The highest BCUT2D eigenvalue weighted by molar-refractivity contribution is 4.53. The maximum atomic E-state index is 5.53. The summed E-state index contributed by atoms with van der Waals surface area (Å²) in [5, 5.41) is 0. The number of hydrogen-bond donors (Lipinski definition) is 0. The van der Waals surface area contributed by atoms with Crippen LogP contribution in [-0.4, -0.2) is 51.5 Å². The third-order valence-electron chi connectivity index (χ3n) is 2.56. The summed E-state index contributed by atoms with van der Waals surface area (Å²) in [6, 6.07) is 0. The first-order valence-corrected chi connectivity index (χ1v) is 7.00. The van der Waals surface area contributed by atoms with Crippen molar-refractivity contribution in [2.45, 2.75) is 40.0 Å².